The smallest absolute Gasteiger partial charge is 0.303 e. The van der Waals surface area contributed by atoms with E-state index >= 15 is 0 Å². The van der Waals surface area contributed by atoms with Gasteiger partial charge in [-0.3, -0.25) is 19.2 Å². The second-order valence-electron chi connectivity index (χ2n) is 8.51. The van der Waals surface area contributed by atoms with Crippen molar-refractivity contribution in [1.29, 1.82) is 0 Å². The van der Waals surface area contributed by atoms with Crippen molar-refractivity contribution in [1.82, 2.24) is 20.1 Å². The molecule has 0 spiro atoms. The van der Waals surface area contributed by atoms with Gasteiger partial charge in [0.15, 0.2) is 23.2 Å². The predicted octanol–water partition coefficient (Wildman–Crippen LogP) is 1.80. The Labute approximate surface area is 233 Å². The molecule has 212 valence electrons. The fraction of sp³-hybridized carbons (Fsp3) is 0.500. The summed E-state index contributed by atoms with van der Waals surface area (Å²) in [5, 5.41) is 11.9. The van der Waals surface area contributed by atoms with E-state index in [9.17, 15) is 19.2 Å². The van der Waals surface area contributed by atoms with Crippen LogP contribution in [0.4, 0.5) is 0 Å². The third kappa shape index (κ3) is 8.31. The second-order valence-corrected chi connectivity index (χ2v) is 9.99. The molecule has 1 N–H and O–H groups in total. The van der Waals surface area contributed by atoms with E-state index in [4.69, 9.17) is 35.3 Å². The zero-order valence-corrected chi connectivity index (χ0v) is 23.5. The molecule has 0 bridgehead atoms. The highest BCUT2D eigenvalue weighted by Crippen LogP contribution is 2.35. The normalized spacial score (nSPS) is 22.5. The first kappa shape index (κ1) is 30.2. The van der Waals surface area contributed by atoms with Crippen molar-refractivity contribution in [3.63, 3.8) is 0 Å². The van der Waals surface area contributed by atoms with Crippen molar-refractivity contribution in [3.8, 4) is 5.75 Å². The van der Waals surface area contributed by atoms with Crippen molar-refractivity contribution in [2.24, 2.45) is 7.05 Å². The lowest BCUT2D eigenvalue weighted by molar-refractivity contribution is -0.211. The average Bonchev–Trinajstić information content (AvgIpc) is 3.19. The van der Waals surface area contributed by atoms with Crippen LogP contribution >= 0.6 is 23.4 Å². The number of halogens is 1. The number of rotatable bonds is 10. The van der Waals surface area contributed by atoms with Crippen molar-refractivity contribution in [3.05, 3.63) is 35.1 Å². The number of amides is 1. The van der Waals surface area contributed by atoms with E-state index in [-0.39, 0.29) is 13.2 Å². The van der Waals surface area contributed by atoms with E-state index in [0.717, 1.165) is 11.8 Å². The zero-order valence-electron chi connectivity index (χ0n) is 21.9. The third-order valence-corrected chi connectivity index (χ3v) is 6.93. The van der Waals surface area contributed by atoms with Crippen molar-refractivity contribution >= 4 is 47.2 Å². The second kappa shape index (κ2) is 13.6. The Bertz CT molecular complexity index is 1210. The molecule has 0 unspecified atom stereocenters. The largest absolute Gasteiger partial charge is 0.484 e. The first-order valence-corrected chi connectivity index (χ1v) is 13.0. The van der Waals surface area contributed by atoms with Gasteiger partial charge in [0.1, 0.15) is 36.5 Å². The summed E-state index contributed by atoms with van der Waals surface area (Å²) in [6.07, 6.45) is -3.38. The number of nitrogens with zero attached hydrogens (tertiary/aromatic N) is 3. The molecule has 0 aliphatic carbocycles. The molecular weight excluding hydrogens is 556 g/mol. The first-order chi connectivity index (χ1) is 18.5. The SMILES string of the molecule is CC(=O)N[C@@H]1[C@@H](OC(C)=O)[C@H](OC(C)=O)[C@@H](COC(C)=O)O[C@H]1Sc1nnc(COc2ccccc2Cl)n1C. The Hall–Kier alpha value is -3.36. The number of aromatic nitrogens is 3. The highest BCUT2D eigenvalue weighted by molar-refractivity contribution is 7.99. The number of hydrogen-bond acceptors (Lipinski definition) is 12. The Morgan fingerprint density at radius 2 is 1.69 bits per heavy atom. The van der Waals surface area contributed by atoms with Crippen LogP contribution in [0.1, 0.15) is 33.5 Å². The minimum atomic E-state index is -1.18. The number of para-hydroxylation sites is 1. The molecule has 1 amide bonds. The molecular formula is C24H29ClN4O9S. The van der Waals surface area contributed by atoms with Crippen molar-refractivity contribution in [2.45, 2.75) is 69.2 Å². The summed E-state index contributed by atoms with van der Waals surface area (Å²) < 4.78 is 29.6. The number of ether oxygens (including phenoxy) is 5. The van der Waals surface area contributed by atoms with E-state index in [0.29, 0.717) is 21.8 Å². The molecule has 2 heterocycles. The molecule has 1 aliphatic heterocycles. The molecule has 0 radical (unpaired) electrons. The number of carbonyl (C=O) groups excluding carboxylic acids is 4. The molecule has 2 aromatic rings. The van der Waals surface area contributed by atoms with Gasteiger partial charge in [-0.05, 0) is 12.1 Å². The number of esters is 3. The van der Waals surface area contributed by atoms with Crippen LogP contribution in [-0.4, -0.2) is 75.0 Å². The van der Waals surface area contributed by atoms with Crippen LogP contribution in [0.25, 0.3) is 0 Å². The number of benzene rings is 1. The maximum atomic E-state index is 12.1. The molecule has 1 aromatic carbocycles. The zero-order chi connectivity index (χ0) is 28.7. The first-order valence-electron chi connectivity index (χ1n) is 11.8. The lowest BCUT2D eigenvalue weighted by Crippen LogP contribution is -2.65. The summed E-state index contributed by atoms with van der Waals surface area (Å²) in [7, 11) is 1.71. The van der Waals surface area contributed by atoms with Crippen LogP contribution < -0.4 is 10.1 Å². The number of carbonyl (C=O) groups is 4. The van der Waals surface area contributed by atoms with E-state index in [1.165, 1.54) is 27.7 Å². The van der Waals surface area contributed by atoms with Crippen LogP contribution in [0.2, 0.25) is 5.02 Å². The summed E-state index contributed by atoms with van der Waals surface area (Å²) in [6, 6.07) is 6.02. The van der Waals surface area contributed by atoms with E-state index in [1.807, 2.05) is 0 Å². The van der Waals surface area contributed by atoms with Gasteiger partial charge in [-0.25, -0.2) is 0 Å². The van der Waals surface area contributed by atoms with Gasteiger partial charge in [0.05, 0.1) is 5.02 Å². The van der Waals surface area contributed by atoms with Crippen molar-refractivity contribution in [2.75, 3.05) is 6.61 Å². The summed E-state index contributed by atoms with van der Waals surface area (Å²) in [5.41, 5.74) is -0.925. The van der Waals surface area contributed by atoms with Crippen LogP contribution in [0, 0.1) is 0 Å². The van der Waals surface area contributed by atoms with Gasteiger partial charge in [-0.15, -0.1) is 10.2 Å². The molecule has 3 rings (SSSR count). The van der Waals surface area contributed by atoms with Gasteiger partial charge in [0.25, 0.3) is 0 Å². The summed E-state index contributed by atoms with van der Waals surface area (Å²) >= 11 is 7.23. The highest BCUT2D eigenvalue weighted by atomic mass is 35.5. The highest BCUT2D eigenvalue weighted by Gasteiger charge is 2.51. The Balaban J connectivity index is 1.89. The summed E-state index contributed by atoms with van der Waals surface area (Å²) in [4.78, 5) is 47.6. The Kier molecular flexibility index (Phi) is 10.5. The van der Waals surface area contributed by atoms with Crippen LogP contribution in [0.5, 0.6) is 5.75 Å². The predicted molar refractivity (Wildman–Crippen MR) is 137 cm³/mol. The quantitative estimate of drug-likeness (QED) is 0.319. The minimum absolute atomic E-state index is 0.0636. The van der Waals surface area contributed by atoms with Gasteiger partial charge in [0, 0.05) is 34.7 Å². The molecule has 1 fully saturated rings. The van der Waals surface area contributed by atoms with Gasteiger partial charge < -0.3 is 33.6 Å². The third-order valence-electron chi connectivity index (χ3n) is 5.41. The lowest BCUT2D eigenvalue weighted by Gasteiger charge is -2.44. The summed E-state index contributed by atoms with van der Waals surface area (Å²) in [5.74, 6) is -1.45. The molecule has 39 heavy (non-hydrogen) atoms. The van der Waals surface area contributed by atoms with Gasteiger partial charge in [-0.1, -0.05) is 35.5 Å². The molecule has 1 saturated heterocycles. The molecule has 0 saturated carbocycles. The molecule has 1 aromatic heterocycles. The van der Waals surface area contributed by atoms with E-state index in [2.05, 4.69) is 15.5 Å². The van der Waals surface area contributed by atoms with Gasteiger partial charge >= 0.3 is 17.9 Å². The monoisotopic (exact) mass is 584 g/mol. The van der Waals surface area contributed by atoms with Crippen LogP contribution in [-0.2, 0) is 51.8 Å². The maximum Gasteiger partial charge on any atom is 0.303 e. The topological polar surface area (TPSA) is 157 Å². The van der Waals surface area contributed by atoms with E-state index < -0.39 is 53.6 Å². The number of nitrogens with one attached hydrogen (secondary N) is 1. The van der Waals surface area contributed by atoms with Crippen molar-refractivity contribution < 1.29 is 42.9 Å². The van der Waals surface area contributed by atoms with Gasteiger partial charge in [-0.2, -0.15) is 0 Å². The number of thioether (sulfide) groups is 1. The molecule has 5 atom stereocenters. The molecule has 1 aliphatic rings. The standard InChI is InChI=1S/C24H29ClN4O9S/c1-12(30)26-20-22(37-15(4)33)21(36-14(3)32)18(10-34-13(2)31)38-23(20)39-24-28-27-19(29(24)5)11-35-17-9-7-6-8-16(17)25/h6-9,18,20-23H,10-11H2,1-5H3,(H,26,30)/t18-,20-,21-,22-,23+/m1/s1. The average molecular weight is 585 g/mol. The molecule has 15 heteroatoms. The Morgan fingerprint density at radius 1 is 1.03 bits per heavy atom. The fourth-order valence-corrected chi connectivity index (χ4v) is 5.09. The summed E-state index contributed by atoms with van der Waals surface area (Å²) in [6.45, 7) is 4.62. The maximum absolute atomic E-state index is 12.1. The molecule has 13 nitrogen and oxygen atoms in total. The Morgan fingerprint density at radius 3 is 2.31 bits per heavy atom. The number of hydrogen-bond donors (Lipinski definition) is 1. The van der Waals surface area contributed by atoms with E-state index in [1.54, 1.807) is 35.9 Å². The van der Waals surface area contributed by atoms with Crippen LogP contribution in [0.15, 0.2) is 29.4 Å². The fourth-order valence-electron chi connectivity index (χ4n) is 3.77. The van der Waals surface area contributed by atoms with Crippen LogP contribution in [0.3, 0.4) is 0 Å². The minimum Gasteiger partial charge on any atom is -0.484 e. The lowest BCUT2D eigenvalue weighted by atomic mass is 9.97. The van der Waals surface area contributed by atoms with Gasteiger partial charge in [0.2, 0.25) is 5.91 Å².